The van der Waals surface area contributed by atoms with Crippen LogP contribution < -0.4 is 10.6 Å². The number of esters is 2. The zero-order chi connectivity index (χ0) is 34.3. The van der Waals surface area contributed by atoms with E-state index in [9.17, 15) is 19.2 Å². The second-order valence-electron chi connectivity index (χ2n) is 11.5. The fraction of sp³-hybridized carbons (Fsp3) is 0.231. The first-order valence-electron chi connectivity index (χ1n) is 16.2. The Morgan fingerprint density at radius 2 is 1.16 bits per heavy atom. The Kier molecular flexibility index (Phi) is 12.6. The summed E-state index contributed by atoms with van der Waals surface area (Å²) >= 11 is 0. The molecule has 10 heteroatoms. The summed E-state index contributed by atoms with van der Waals surface area (Å²) < 4.78 is 16.4. The maximum absolute atomic E-state index is 13.9. The Bertz CT molecular complexity index is 1810. The number of hydrogen-bond donors (Lipinski definition) is 3. The largest absolute Gasteiger partial charge is 0.461 e. The minimum Gasteiger partial charge on any atom is -0.461 e. The van der Waals surface area contributed by atoms with Crippen LogP contribution in [-0.2, 0) is 54.8 Å². The van der Waals surface area contributed by atoms with E-state index in [2.05, 4.69) is 15.6 Å². The van der Waals surface area contributed by atoms with Gasteiger partial charge >= 0.3 is 18.0 Å². The van der Waals surface area contributed by atoms with E-state index in [1.807, 2.05) is 115 Å². The molecule has 0 fully saturated rings. The number of alkyl carbamates (subject to hydrolysis) is 1. The fourth-order valence-electron chi connectivity index (χ4n) is 5.25. The van der Waals surface area contributed by atoms with Gasteiger partial charge in [-0.3, -0.25) is 9.59 Å². The quantitative estimate of drug-likeness (QED) is 0.0853. The number of carbonyl (C=O) groups excluding carboxylic acids is 4. The molecule has 0 aliphatic heterocycles. The maximum Gasteiger partial charge on any atom is 0.408 e. The molecule has 0 spiro atoms. The maximum atomic E-state index is 13.9. The van der Waals surface area contributed by atoms with Crippen molar-refractivity contribution in [1.82, 2.24) is 15.6 Å². The molecule has 1 heterocycles. The van der Waals surface area contributed by atoms with Crippen LogP contribution in [0.5, 0.6) is 0 Å². The minimum absolute atomic E-state index is 0.00793. The molecular weight excluding hydrogens is 622 g/mol. The van der Waals surface area contributed by atoms with Crippen molar-refractivity contribution in [2.75, 3.05) is 0 Å². The van der Waals surface area contributed by atoms with Gasteiger partial charge in [-0.1, -0.05) is 109 Å². The van der Waals surface area contributed by atoms with Crippen molar-refractivity contribution in [2.24, 2.45) is 0 Å². The number of ether oxygens (including phenoxy) is 3. The molecule has 0 unspecified atom stereocenters. The second-order valence-corrected chi connectivity index (χ2v) is 11.5. The van der Waals surface area contributed by atoms with E-state index in [0.717, 1.165) is 33.2 Å². The molecule has 10 nitrogen and oxygen atoms in total. The third-order valence-electron chi connectivity index (χ3n) is 7.86. The van der Waals surface area contributed by atoms with Crippen molar-refractivity contribution in [3.05, 3.63) is 144 Å². The lowest BCUT2D eigenvalue weighted by Crippen LogP contribution is -2.52. The van der Waals surface area contributed by atoms with Crippen molar-refractivity contribution in [3.63, 3.8) is 0 Å². The van der Waals surface area contributed by atoms with Crippen molar-refractivity contribution in [2.45, 2.75) is 57.6 Å². The van der Waals surface area contributed by atoms with E-state index < -0.39 is 36.0 Å². The van der Waals surface area contributed by atoms with Crippen LogP contribution >= 0.6 is 0 Å². The standard InChI is InChI=1S/C39H39N3O7/c43-36(47-25-28-13-4-1-5-14-28)22-12-21-34(38(45)48-26-29-15-6-2-7-16-29)41-37(44)35(23-31-24-40-33-20-11-10-19-32(31)33)42-39(46)49-27-30-17-8-3-9-18-30/h1-11,13-20,24,34-35,40H,12,21-23,25-27H2,(H,41,44)(H,42,46)/t34-,35-/m0/s1. The Morgan fingerprint density at radius 1 is 0.612 bits per heavy atom. The number of amides is 2. The first-order chi connectivity index (χ1) is 23.9. The topological polar surface area (TPSA) is 136 Å². The monoisotopic (exact) mass is 661 g/mol. The molecule has 0 saturated carbocycles. The van der Waals surface area contributed by atoms with E-state index in [1.165, 1.54) is 0 Å². The number of nitrogens with one attached hydrogen (secondary N) is 3. The molecule has 252 valence electrons. The second kappa shape index (κ2) is 17.9. The predicted octanol–water partition coefficient (Wildman–Crippen LogP) is 6.15. The molecule has 2 atom stereocenters. The van der Waals surface area contributed by atoms with Crippen molar-refractivity contribution < 1.29 is 33.4 Å². The molecule has 1 aromatic heterocycles. The van der Waals surface area contributed by atoms with Gasteiger partial charge < -0.3 is 29.8 Å². The lowest BCUT2D eigenvalue weighted by Gasteiger charge is -2.23. The van der Waals surface area contributed by atoms with Gasteiger partial charge in [-0.05, 0) is 41.2 Å². The third kappa shape index (κ3) is 10.8. The lowest BCUT2D eigenvalue weighted by atomic mass is 10.0. The van der Waals surface area contributed by atoms with Crippen LogP contribution in [-0.4, -0.2) is 41.0 Å². The smallest absolute Gasteiger partial charge is 0.408 e. The molecule has 0 radical (unpaired) electrons. The van der Waals surface area contributed by atoms with Crippen LogP contribution in [0.1, 0.15) is 41.5 Å². The van der Waals surface area contributed by atoms with Crippen LogP contribution in [0.2, 0.25) is 0 Å². The van der Waals surface area contributed by atoms with Crippen LogP contribution in [0.4, 0.5) is 4.79 Å². The highest BCUT2D eigenvalue weighted by Gasteiger charge is 2.29. The van der Waals surface area contributed by atoms with E-state index in [-0.39, 0.29) is 45.5 Å². The molecule has 0 saturated heterocycles. The van der Waals surface area contributed by atoms with E-state index in [4.69, 9.17) is 14.2 Å². The average molecular weight is 662 g/mol. The number of rotatable bonds is 16. The molecule has 3 N–H and O–H groups in total. The summed E-state index contributed by atoms with van der Waals surface area (Å²) in [5, 5.41) is 6.36. The number of fused-ring (bicyclic) bond motifs is 1. The zero-order valence-electron chi connectivity index (χ0n) is 27.0. The first kappa shape index (κ1) is 34.4. The van der Waals surface area contributed by atoms with Crippen LogP contribution in [0, 0.1) is 0 Å². The number of benzene rings is 4. The Balaban J connectivity index is 1.26. The van der Waals surface area contributed by atoms with Crippen LogP contribution in [0.25, 0.3) is 10.9 Å². The van der Waals surface area contributed by atoms with Crippen molar-refractivity contribution >= 4 is 34.8 Å². The number of para-hydroxylation sites is 1. The van der Waals surface area contributed by atoms with Gasteiger partial charge in [0.05, 0.1) is 0 Å². The minimum atomic E-state index is -1.09. The number of H-pyrrole nitrogens is 1. The summed E-state index contributed by atoms with van der Waals surface area (Å²) in [4.78, 5) is 55.9. The number of hydrogen-bond acceptors (Lipinski definition) is 7. The highest BCUT2D eigenvalue weighted by Crippen LogP contribution is 2.20. The highest BCUT2D eigenvalue weighted by molar-refractivity contribution is 5.91. The van der Waals surface area contributed by atoms with Gasteiger partial charge in [-0.2, -0.15) is 0 Å². The summed E-state index contributed by atoms with van der Waals surface area (Å²) in [7, 11) is 0. The third-order valence-corrected chi connectivity index (χ3v) is 7.86. The predicted molar refractivity (Wildman–Crippen MR) is 184 cm³/mol. The van der Waals surface area contributed by atoms with E-state index in [1.54, 1.807) is 6.20 Å². The fourth-order valence-corrected chi connectivity index (χ4v) is 5.25. The number of carbonyl (C=O) groups is 4. The van der Waals surface area contributed by atoms with Gasteiger partial charge in [0.2, 0.25) is 5.91 Å². The first-order valence-corrected chi connectivity index (χ1v) is 16.2. The molecule has 0 bridgehead atoms. The van der Waals surface area contributed by atoms with Gasteiger partial charge in [0.15, 0.2) is 0 Å². The summed E-state index contributed by atoms with van der Waals surface area (Å²) in [5.41, 5.74) is 4.11. The van der Waals surface area contributed by atoms with Gasteiger partial charge in [0, 0.05) is 29.9 Å². The summed E-state index contributed by atoms with van der Waals surface area (Å²) in [5.74, 6) is -1.69. The van der Waals surface area contributed by atoms with Crippen LogP contribution in [0.15, 0.2) is 121 Å². The molecule has 49 heavy (non-hydrogen) atoms. The van der Waals surface area contributed by atoms with Crippen molar-refractivity contribution in [1.29, 1.82) is 0 Å². The lowest BCUT2D eigenvalue weighted by molar-refractivity contribution is -0.150. The average Bonchev–Trinajstić information content (AvgIpc) is 3.55. The summed E-state index contributed by atoms with van der Waals surface area (Å²) in [6.45, 7) is 0.164. The summed E-state index contributed by atoms with van der Waals surface area (Å²) in [6.07, 6.45) is 1.51. The van der Waals surface area contributed by atoms with Crippen LogP contribution in [0.3, 0.4) is 0 Å². The Labute approximate surface area is 284 Å². The molecule has 2 amide bonds. The van der Waals surface area contributed by atoms with E-state index in [0.29, 0.717) is 0 Å². The van der Waals surface area contributed by atoms with Gasteiger partial charge in [0.1, 0.15) is 31.9 Å². The van der Waals surface area contributed by atoms with Gasteiger partial charge in [-0.25, -0.2) is 9.59 Å². The zero-order valence-corrected chi connectivity index (χ0v) is 27.0. The SMILES string of the molecule is O=C(CCC[C@H](NC(=O)[C@H](Cc1c[nH]c2ccccc12)NC(=O)OCc1ccccc1)C(=O)OCc1ccccc1)OCc1ccccc1. The molecule has 4 aromatic carbocycles. The van der Waals surface area contributed by atoms with Gasteiger partial charge in [-0.15, -0.1) is 0 Å². The van der Waals surface area contributed by atoms with Gasteiger partial charge in [0.25, 0.3) is 0 Å². The molecule has 5 rings (SSSR count). The molecule has 0 aliphatic carbocycles. The molecular formula is C39H39N3O7. The highest BCUT2D eigenvalue weighted by atomic mass is 16.5. The van der Waals surface area contributed by atoms with Crippen molar-refractivity contribution in [3.8, 4) is 0 Å². The van der Waals surface area contributed by atoms with E-state index >= 15 is 0 Å². The number of aromatic nitrogens is 1. The molecule has 0 aliphatic rings. The normalized spacial score (nSPS) is 12.0. The Morgan fingerprint density at radius 3 is 1.80 bits per heavy atom. The molecule has 5 aromatic rings. The summed E-state index contributed by atoms with van der Waals surface area (Å²) in [6, 6.07) is 33.1. The Hall–Kier alpha value is -5.90. The number of aromatic amines is 1.